The molecule has 0 bridgehead atoms. The van der Waals surface area contributed by atoms with Crippen molar-refractivity contribution in [1.82, 2.24) is 0 Å². The van der Waals surface area contributed by atoms with Gasteiger partial charge in [-0.05, 0) is 35.4 Å². The van der Waals surface area contributed by atoms with Gasteiger partial charge in [-0.15, -0.1) is 0 Å². The van der Waals surface area contributed by atoms with Crippen LogP contribution in [-0.2, 0) is 9.13 Å². The molecule has 0 aromatic heterocycles. The minimum Gasteiger partial charge on any atom is -0.313 e. The van der Waals surface area contributed by atoms with Crippen LogP contribution in [0.1, 0.15) is 0 Å². The Morgan fingerprint density at radius 2 is 0.864 bits per heavy atom. The van der Waals surface area contributed by atoms with E-state index in [4.69, 9.17) is 22.0 Å². The predicted octanol–water partition coefficient (Wildman–Crippen LogP) is 2.23. The Hall–Kier alpha value is -1.66. The van der Waals surface area contributed by atoms with Crippen LogP contribution in [0, 0.1) is 0 Å². The van der Waals surface area contributed by atoms with Crippen LogP contribution in [0.25, 0.3) is 11.1 Å². The highest BCUT2D eigenvalue weighted by Gasteiger charge is 2.09. The van der Waals surface area contributed by atoms with Crippen LogP contribution < -0.4 is 32.2 Å². The van der Waals surface area contributed by atoms with E-state index < -0.39 is 15.2 Å². The maximum absolute atomic E-state index is 11.3. The molecule has 0 aliphatic carbocycles. The molecule has 8 nitrogen and oxygen atoms in total. The van der Waals surface area contributed by atoms with Crippen molar-refractivity contribution < 1.29 is 9.13 Å². The molecule has 118 valence electrons. The van der Waals surface area contributed by atoms with E-state index in [2.05, 4.69) is 10.2 Å². The lowest BCUT2D eigenvalue weighted by Crippen LogP contribution is -2.13. The number of hydrogen-bond donors (Lipinski definition) is 6. The van der Waals surface area contributed by atoms with Crippen LogP contribution in [0.2, 0.25) is 0 Å². The highest BCUT2D eigenvalue weighted by molar-refractivity contribution is 7.60. The number of nitrogens with two attached hydrogens (primary N) is 4. The molecule has 10 N–H and O–H groups in total. The normalized spacial score (nSPS) is 12.0. The van der Waals surface area contributed by atoms with Gasteiger partial charge in [0, 0.05) is 11.4 Å². The second kappa shape index (κ2) is 6.22. The summed E-state index contributed by atoms with van der Waals surface area (Å²) in [4.78, 5) is 0. The van der Waals surface area contributed by atoms with E-state index in [9.17, 15) is 9.13 Å². The second-order valence-electron chi connectivity index (χ2n) is 4.80. The van der Waals surface area contributed by atoms with Crippen LogP contribution in [-0.4, -0.2) is 0 Å². The minimum absolute atomic E-state index is 0.572. The molecule has 0 aliphatic heterocycles. The third-order valence-electron chi connectivity index (χ3n) is 2.71. The second-order valence-corrected chi connectivity index (χ2v) is 8.08. The maximum Gasteiger partial charge on any atom is 0.298 e. The summed E-state index contributed by atoms with van der Waals surface area (Å²) in [5.41, 5.74) is 24.0. The van der Waals surface area contributed by atoms with Crippen molar-refractivity contribution >= 4 is 26.6 Å². The summed E-state index contributed by atoms with van der Waals surface area (Å²) in [7, 11) is -6.62. The number of rotatable bonds is 5. The van der Waals surface area contributed by atoms with Crippen LogP contribution in [0.4, 0.5) is 11.4 Å². The van der Waals surface area contributed by atoms with E-state index in [0.717, 1.165) is 11.1 Å². The average Bonchev–Trinajstić information content (AvgIpc) is 2.37. The largest absolute Gasteiger partial charge is 0.313 e. The van der Waals surface area contributed by atoms with Gasteiger partial charge in [-0.25, -0.2) is 0 Å². The van der Waals surface area contributed by atoms with E-state index >= 15 is 0 Å². The average molecular weight is 340 g/mol. The van der Waals surface area contributed by atoms with Crippen molar-refractivity contribution in [1.29, 1.82) is 0 Å². The number of hydrogen-bond acceptors (Lipinski definition) is 2. The van der Waals surface area contributed by atoms with E-state index in [-0.39, 0.29) is 0 Å². The first-order chi connectivity index (χ1) is 10.1. The van der Waals surface area contributed by atoms with Crippen LogP contribution in [0.5, 0.6) is 0 Å². The molecule has 0 unspecified atom stereocenters. The van der Waals surface area contributed by atoms with Gasteiger partial charge in [0.1, 0.15) is 0 Å². The Morgan fingerprint density at radius 3 is 1.09 bits per heavy atom. The van der Waals surface area contributed by atoms with Gasteiger partial charge in [-0.3, -0.25) is 31.1 Å². The minimum atomic E-state index is -3.31. The first kappa shape index (κ1) is 16.7. The van der Waals surface area contributed by atoms with E-state index in [0.29, 0.717) is 11.4 Å². The quantitative estimate of drug-likeness (QED) is 0.451. The SMILES string of the molecule is NP(N)(=O)Nc1ccc(-c2ccc(NP(N)(N)=O)cc2)cc1. The lowest BCUT2D eigenvalue weighted by atomic mass is 10.1. The lowest BCUT2D eigenvalue weighted by molar-refractivity contribution is 0.579. The molecule has 0 fully saturated rings. The number of benzene rings is 2. The van der Waals surface area contributed by atoms with Gasteiger partial charge in [0.05, 0.1) is 0 Å². The number of nitrogens with one attached hydrogen (secondary N) is 2. The highest BCUT2D eigenvalue weighted by atomic mass is 31.2. The third kappa shape index (κ3) is 5.27. The zero-order valence-corrected chi connectivity index (χ0v) is 13.4. The maximum atomic E-state index is 11.3. The smallest absolute Gasteiger partial charge is 0.298 e. The van der Waals surface area contributed by atoms with Gasteiger partial charge in [-0.2, -0.15) is 0 Å². The Labute approximate surface area is 128 Å². The van der Waals surface area contributed by atoms with Crippen LogP contribution in [0.3, 0.4) is 0 Å². The molecule has 0 radical (unpaired) electrons. The molecule has 10 heteroatoms. The first-order valence-corrected chi connectivity index (χ1v) is 9.93. The van der Waals surface area contributed by atoms with Gasteiger partial charge in [-0.1, -0.05) is 24.3 Å². The van der Waals surface area contributed by atoms with Gasteiger partial charge in [0.2, 0.25) is 0 Å². The molecule has 2 rings (SSSR count). The van der Waals surface area contributed by atoms with Gasteiger partial charge >= 0.3 is 0 Å². The Balaban J connectivity index is 2.15. The van der Waals surface area contributed by atoms with Crippen molar-refractivity contribution in [3.8, 4) is 11.1 Å². The molecule has 0 heterocycles. The Bertz CT molecular complexity index is 670. The molecule has 0 spiro atoms. The van der Waals surface area contributed by atoms with E-state index in [1.54, 1.807) is 24.3 Å². The summed E-state index contributed by atoms with van der Waals surface area (Å²) in [6.45, 7) is 0. The summed E-state index contributed by atoms with van der Waals surface area (Å²) in [6, 6.07) is 14.2. The zero-order chi connectivity index (χ0) is 16.4. The summed E-state index contributed by atoms with van der Waals surface area (Å²) >= 11 is 0. The monoisotopic (exact) mass is 340 g/mol. The topological polar surface area (TPSA) is 162 Å². The molecule has 0 atom stereocenters. The molecular formula is C12H18N6O2P2. The number of anilines is 2. The molecule has 2 aromatic rings. The van der Waals surface area contributed by atoms with E-state index in [1.807, 2.05) is 24.3 Å². The predicted molar refractivity (Wildman–Crippen MR) is 91.1 cm³/mol. The first-order valence-electron chi connectivity index (χ1n) is 6.24. The highest BCUT2D eigenvalue weighted by Crippen LogP contribution is 2.31. The van der Waals surface area contributed by atoms with Crippen LogP contribution in [0.15, 0.2) is 48.5 Å². The van der Waals surface area contributed by atoms with Crippen molar-refractivity contribution in [2.24, 2.45) is 22.0 Å². The molecular weight excluding hydrogens is 322 g/mol. The van der Waals surface area contributed by atoms with Crippen molar-refractivity contribution in [2.75, 3.05) is 10.2 Å². The fraction of sp³-hybridized carbons (Fsp3) is 0. The molecule has 0 amide bonds. The molecule has 22 heavy (non-hydrogen) atoms. The summed E-state index contributed by atoms with van der Waals surface area (Å²) in [5.74, 6) is 0. The van der Waals surface area contributed by atoms with Gasteiger partial charge < -0.3 is 10.2 Å². The molecule has 0 aliphatic rings. The van der Waals surface area contributed by atoms with Crippen LogP contribution >= 0.6 is 15.2 Å². The van der Waals surface area contributed by atoms with Crippen molar-refractivity contribution in [3.05, 3.63) is 48.5 Å². The molecule has 0 saturated heterocycles. The summed E-state index contributed by atoms with van der Waals surface area (Å²) < 4.78 is 22.6. The van der Waals surface area contributed by atoms with E-state index in [1.165, 1.54) is 0 Å². The summed E-state index contributed by atoms with van der Waals surface area (Å²) in [5, 5.41) is 5.07. The fourth-order valence-corrected chi connectivity index (χ4v) is 2.98. The zero-order valence-electron chi connectivity index (χ0n) is 11.6. The van der Waals surface area contributed by atoms with Gasteiger partial charge in [0.15, 0.2) is 0 Å². The Kier molecular flexibility index (Phi) is 4.72. The molecule has 0 saturated carbocycles. The summed E-state index contributed by atoms with van der Waals surface area (Å²) in [6.07, 6.45) is 0. The third-order valence-corrected chi connectivity index (χ3v) is 3.93. The van der Waals surface area contributed by atoms with Crippen molar-refractivity contribution in [3.63, 3.8) is 0 Å². The Morgan fingerprint density at radius 1 is 0.591 bits per heavy atom. The lowest BCUT2D eigenvalue weighted by Gasteiger charge is -2.12. The molecule has 2 aromatic carbocycles. The standard InChI is InChI=1S/C12H18N6O2P2/c13-21(14,19)17-11-5-1-9(2-6-11)10-3-7-12(8-4-10)18-22(15,16)20/h1-8H,(H5,13,14,17,19)(H5,15,16,18,20). The fourth-order valence-electron chi connectivity index (χ4n) is 1.88. The van der Waals surface area contributed by atoms with Gasteiger partial charge in [0.25, 0.3) is 15.2 Å². The van der Waals surface area contributed by atoms with Crippen molar-refractivity contribution in [2.45, 2.75) is 0 Å².